The first-order valence-electron chi connectivity index (χ1n) is 10.6. The van der Waals surface area contributed by atoms with E-state index in [0.29, 0.717) is 39.3 Å². The first-order valence-corrected chi connectivity index (χ1v) is 11.8. The van der Waals surface area contributed by atoms with Crippen LogP contribution in [0.1, 0.15) is 50.2 Å². The molecule has 0 unspecified atom stereocenters. The average Bonchev–Trinajstić information content (AvgIpc) is 3.02. The normalized spacial score (nSPS) is 15.3. The summed E-state index contributed by atoms with van der Waals surface area (Å²) in [5.74, 6) is 0.290. The van der Waals surface area contributed by atoms with Crippen molar-refractivity contribution in [3.05, 3.63) is 57.4 Å². The van der Waals surface area contributed by atoms with Crippen molar-refractivity contribution >= 4 is 51.7 Å². The number of carbonyl (C=O) groups excluding carboxylic acids is 1. The number of carbonyl (C=O) groups is 1. The summed E-state index contributed by atoms with van der Waals surface area (Å²) in [5, 5.41) is 3.13. The lowest BCUT2D eigenvalue weighted by Gasteiger charge is -2.14. The number of hydrogen-bond donors (Lipinski definition) is 1. The molecule has 2 aromatic rings. The first-order chi connectivity index (χ1) is 15.0. The number of nitrogens with zero attached hydrogens (tertiary/aromatic N) is 3. The van der Waals surface area contributed by atoms with E-state index in [0.717, 1.165) is 18.4 Å². The second kappa shape index (κ2) is 10.7. The number of rotatable bonds is 10. The van der Waals surface area contributed by atoms with Gasteiger partial charge in [-0.25, -0.2) is 4.98 Å². The highest BCUT2D eigenvalue weighted by atomic mass is 32.2. The molecule has 0 bridgehead atoms. The Morgan fingerprint density at radius 1 is 1.26 bits per heavy atom. The number of anilines is 1. The molecule has 0 spiro atoms. The SMILES string of the molecule is C=CCNc1nc2c(C)cccn2c(=O)c1/C=C1\SC(=S)N(CCCCCCC)C1=O. The van der Waals surface area contributed by atoms with Crippen molar-refractivity contribution in [2.75, 3.05) is 18.4 Å². The van der Waals surface area contributed by atoms with E-state index in [1.54, 1.807) is 23.2 Å². The topological polar surface area (TPSA) is 66.7 Å². The van der Waals surface area contributed by atoms with Crippen LogP contribution in [0.4, 0.5) is 5.82 Å². The van der Waals surface area contributed by atoms with Gasteiger partial charge in [0.2, 0.25) is 0 Å². The van der Waals surface area contributed by atoms with Gasteiger partial charge in [0, 0.05) is 19.3 Å². The third-order valence-corrected chi connectivity index (χ3v) is 6.51. The third-order valence-electron chi connectivity index (χ3n) is 5.13. The Morgan fingerprint density at radius 2 is 2.03 bits per heavy atom. The molecule has 8 heteroatoms. The minimum absolute atomic E-state index is 0.145. The van der Waals surface area contributed by atoms with Crippen molar-refractivity contribution in [3.63, 3.8) is 0 Å². The van der Waals surface area contributed by atoms with E-state index < -0.39 is 0 Å². The molecule has 31 heavy (non-hydrogen) atoms. The lowest BCUT2D eigenvalue weighted by atomic mass is 10.1. The summed E-state index contributed by atoms with van der Waals surface area (Å²) in [4.78, 5) is 33.0. The van der Waals surface area contributed by atoms with E-state index in [2.05, 4.69) is 23.8 Å². The summed E-state index contributed by atoms with van der Waals surface area (Å²) < 4.78 is 2.05. The predicted molar refractivity (Wildman–Crippen MR) is 134 cm³/mol. The Kier molecular flexibility index (Phi) is 8.03. The molecule has 1 aliphatic rings. The molecule has 1 aliphatic heterocycles. The smallest absolute Gasteiger partial charge is 0.267 e. The molecule has 164 valence electrons. The largest absolute Gasteiger partial charge is 0.366 e. The van der Waals surface area contributed by atoms with Crippen LogP contribution in [0, 0.1) is 6.92 Å². The Morgan fingerprint density at radius 3 is 2.77 bits per heavy atom. The van der Waals surface area contributed by atoms with Crippen molar-refractivity contribution in [2.45, 2.75) is 46.0 Å². The van der Waals surface area contributed by atoms with E-state index >= 15 is 0 Å². The fourth-order valence-corrected chi connectivity index (χ4v) is 4.73. The lowest BCUT2D eigenvalue weighted by molar-refractivity contribution is -0.122. The molecular formula is C23H28N4O2S2. The summed E-state index contributed by atoms with van der Waals surface area (Å²) in [6.07, 6.45) is 10.6. The van der Waals surface area contributed by atoms with E-state index in [9.17, 15) is 9.59 Å². The highest BCUT2D eigenvalue weighted by Crippen LogP contribution is 2.33. The molecule has 1 saturated heterocycles. The quantitative estimate of drug-likeness (QED) is 0.240. The Balaban J connectivity index is 1.93. The second-order valence-electron chi connectivity index (χ2n) is 7.48. The van der Waals surface area contributed by atoms with Crippen LogP contribution >= 0.6 is 24.0 Å². The molecule has 1 N–H and O–H groups in total. The van der Waals surface area contributed by atoms with E-state index in [4.69, 9.17) is 12.2 Å². The number of thioether (sulfide) groups is 1. The number of unbranched alkanes of at least 4 members (excludes halogenated alkanes) is 4. The van der Waals surface area contributed by atoms with Gasteiger partial charge in [0.05, 0.1) is 10.5 Å². The maximum atomic E-state index is 13.2. The van der Waals surface area contributed by atoms with Gasteiger partial charge in [-0.2, -0.15) is 0 Å². The summed E-state index contributed by atoms with van der Waals surface area (Å²) in [5.41, 5.74) is 1.58. The number of hydrogen-bond acceptors (Lipinski definition) is 6. The van der Waals surface area contributed by atoms with Crippen LogP contribution in [-0.2, 0) is 4.79 Å². The van der Waals surface area contributed by atoms with Crippen molar-refractivity contribution in [3.8, 4) is 0 Å². The summed E-state index contributed by atoms with van der Waals surface area (Å²) in [6.45, 7) is 8.87. The molecule has 1 fully saturated rings. The highest BCUT2D eigenvalue weighted by Gasteiger charge is 2.32. The molecule has 0 atom stereocenters. The van der Waals surface area contributed by atoms with Crippen molar-refractivity contribution in [1.29, 1.82) is 0 Å². The van der Waals surface area contributed by atoms with Gasteiger partial charge in [0.1, 0.15) is 15.8 Å². The predicted octanol–water partition coefficient (Wildman–Crippen LogP) is 4.77. The maximum absolute atomic E-state index is 13.2. The van der Waals surface area contributed by atoms with Crippen LogP contribution in [0.3, 0.4) is 0 Å². The van der Waals surface area contributed by atoms with Crippen LogP contribution in [0.25, 0.3) is 11.7 Å². The van der Waals surface area contributed by atoms with Gasteiger partial charge < -0.3 is 5.32 Å². The molecule has 0 saturated carbocycles. The molecule has 3 heterocycles. The van der Waals surface area contributed by atoms with Crippen molar-refractivity contribution in [2.24, 2.45) is 0 Å². The molecule has 0 aromatic carbocycles. The van der Waals surface area contributed by atoms with Crippen molar-refractivity contribution in [1.82, 2.24) is 14.3 Å². The number of thiocarbonyl (C=S) groups is 1. The molecule has 0 aliphatic carbocycles. The highest BCUT2D eigenvalue weighted by molar-refractivity contribution is 8.26. The zero-order valence-electron chi connectivity index (χ0n) is 18.0. The number of aryl methyl sites for hydroxylation is 1. The van der Waals surface area contributed by atoms with E-state index in [-0.39, 0.29) is 11.5 Å². The third kappa shape index (κ3) is 5.25. The summed E-state index contributed by atoms with van der Waals surface area (Å²) in [6, 6.07) is 3.72. The van der Waals surface area contributed by atoms with Gasteiger partial charge in [-0.15, -0.1) is 6.58 Å². The van der Waals surface area contributed by atoms with Crippen molar-refractivity contribution < 1.29 is 4.79 Å². The fourth-order valence-electron chi connectivity index (χ4n) is 3.44. The van der Waals surface area contributed by atoms with Gasteiger partial charge >= 0.3 is 0 Å². The zero-order valence-corrected chi connectivity index (χ0v) is 19.7. The Hall–Kier alpha value is -2.45. The summed E-state index contributed by atoms with van der Waals surface area (Å²) >= 11 is 6.68. The van der Waals surface area contributed by atoms with Gasteiger partial charge in [0.15, 0.2) is 0 Å². The van der Waals surface area contributed by atoms with Crippen LogP contribution in [0.2, 0.25) is 0 Å². The Bertz CT molecular complexity index is 1090. The van der Waals surface area contributed by atoms with Crippen LogP contribution in [0.15, 0.2) is 40.7 Å². The van der Waals surface area contributed by atoms with Gasteiger partial charge in [-0.1, -0.05) is 68.7 Å². The lowest BCUT2D eigenvalue weighted by Crippen LogP contribution is -2.29. The van der Waals surface area contributed by atoms with Gasteiger partial charge in [-0.05, 0) is 31.1 Å². The molecule has 3 rings (SSSR count). The second-order valence-corrected chi connectivity index (χ2v) is 9.16. The number of fused-ring (bicyclic) bond motifs is 1. The van der Waals surface area contributed by atoms with E-state index in [1.165, 1.54) is 35.4 Å². The monoisotopic (exact) mass is 456 g/mol. The average molecular weight is 457 g/mol. The number of amides is 1. The van der Waals surface area contributed by atoms with Crippen LogP contribution in [0.5, 0.6) is 0 Å². The number of aromatic nitrogens is 2. The first kappa shape index (κ1) is 23.2. The van der Waals surface area contributed by atoms with Crippen LogP contribution < -0.4 is 10.9 Å². The Labute approximate surface area is 192 Å². The maximum Gasteiger partial charge on any atom is 0.267 e. The molecule has 6 nitrogen and oxygen atoms in total. The summed E-state index contributed by atoms with van der Waals surface area (Å²) in [7, 11) is 0. The van der Waals surface area contributed by atoms with E-state index in [1.807, 2.05) is 19.1 Å². The number of nitrogens with one attached hydrogen (secondary N) is 1. The fraction of sp³-hybridized carbons (Fsp3) is 0.391. The minimum Gasteiger partial charge on any atom is -0.366 e. The number of pyridine rings is 1. The standard InChI is InChI=1S/C23H28N4O2S2/c1-4-6-7-8-9-13-27-22(29)18(31-23(27)30)15-17-19(24-12-5-2)25-20-16(3)11-10-14-26(20)21(17)28/h5,10-11,14-15,24H,2,4,6-9,12-13H2,1,3H3/b18-15-. The zero-order chi connectivity index (χ0) is 22.4. The minimum atomic E-state index is -0.231. The molecule has 2 aromatic heterocycles. The molecule has 0 radical (unpaired) electrons. The molecular weight excluding hydrogens is 428 g/mol. The van der Waals surface area contributed by atoms with Gasteiger partial charge in [0.25, 0.3) is 11.5 Å². The van der Waals surface area contributed by atoms with Crippen LogP contribution in [-0.4, -0.2) is 37.6 Å². The molecule has 1 amide bonds. The van der Waals surface area contributed by atoms with Gasteiger partial charge in [-0.3, -0.25) is 18.9 Å².